The molecule has 2 aromatic rings. The fourth-order valence-corrected chi connectivity index (χ4v) is 3.64. The average molecular weight is 474 g/mol. The minimum Gasteiger partial charge on any atom is -0.490 e. The van der Waals surface area contributed by atoms with Gasteiger partial charge in [0.2, 0.25) is 5.91 Å². The molecule has 11 heteroatoms. The summed E-state index contributed by atoms with van der Waals surface area (Å²) < 4.78 is 23.6. The molecule has 1 saturated heterocycles. The summed E-state index contributed by atoms with van der Waals surface area (Å²) in [5, 5.41) is 10.7. The second-order valence-electron chi connectivity index (χ2n) is 6.64. The molecule has 3 rings (SSSR count). The van der Waals surface area contributed by atoms with Crippen LogP contribution >= 0.6 is 11.8 Å². The summed E-state index contributed by atoms with van der Waals surface area (Å²) in [5.74, 6) is -2.34. The number of nitrogens with one attached hydrogen (secondary N) is 1. The van der Waals surface area contributed by atoms with Crippen molar-refractivity contribution in [1.82, 2.24) is 4.90 Å². The number of carboxylic acids is 1. The second-order valence-corrected chi connectivity index (χ2v) is 7.64. The Bertz CT molecular complexity index is 1120. The Morgan fingerprint density at radius 2 is 1.85 bits per heavy atom. The normalized spacial score (nSPS) is 14.5. The molecule has 0 bridgehead atoms. The maximum Gasteiger partial charge on any atom is 0.341 e. The lowest BCUT2D eigenvalue weighted by Gasteiger charge is -2.12. The third kappa shape index (κ3) is 6.32. The van der Waals surface area contributed by atoms with Gasteiger partial charge in [0.15, 0.2) is 18.1 Å². The number of aliphatic carboxylic acids is 1. The van der Waals surface area contributed by atoms with Gasteiger partial charge >= 0.3 is 5.97 Å². The van der Waals surface area contributed by atoms with E-state index in [1.807, 2.05) is 0 Å². The molecule has 1 fully saturated rings. The highest BCUT2D eigenvalue weighted by Gasteiger charge is 2.36. The van der Waals surface area contributed by atoms with Crippen LogP contribution in [0, 0.1) is 5.82 Å². The van der Waals surface area contributed by atoms with Crippen molar-refractivity contribution in [2.75, 3.05) is 25.1 Å². The third-order valence-corrected chi connectivity index (χ3v) is 5.13. The van der Waals surface area contributed by atoms with Gasteiger partial charge in [-0.05, 0) is 66.7 Å². The van der Waals surface area contributed by atoms with Crippen molar-refractivity contribution in [2.24, 2.45) is 0 Å². The fourth-order valence-electron chi connectivity index (χ4n) is 2.81. The van der Waals surface area contributed by atoms with E-state index in [0.717, 1.165) is 4.90 Å². The van der Waals surface area contributed by atoms with E-state index in [1.165, 1.54) is 36.4 Å². The second kappa shape index (κ2) is 10.6. The number of benzene rings is 2. The molecule has 0 aliphatic carbocycles. The number of hydrogen-bond acceptors (Lipinski definition) is 7. The molecular weight excluding hydrogens is 455 g/mol. The molecule has 1 heterocycles. The molecule has 0 aromatic heterocycles. The smallest absolute Gasteiger partial charge is 0.341 e. The minimum atomic E-state index is -1.14. The van der Waals surface area contributed by atoms with E-state index in [9.17, 15) is 23.6 Å². The zero-order valence-electron chi connectivity index (χ0n) is 17.4. The monoisotopic (exact) mass is 474 g/mol. The molecule has 0 atom stereocenters. The van der Waals surface area contributed by atoms with Crippen LogP contribution in [0.5, 0.6) is 11.5 Å². The number of nitrogens with zero attached hydrogens (tertiary/aromatic N) is 1. The summed E-state index contributed by atoms with van der Waals surface area (Å²) in [6, 6.07) is 9.70. The Morgan fingerprint density at radius 1 is 1.12 bits per heavy atom. The first kappa shape index (κ1) is 23.8. The van der Waals surface area contributed by atoms with Crippen LogP contribution in [0.2, 0.25) is 0 Å². The highest BCUT2D eigenvalue weighted by molar-refractivity contribution is 8.18. The van der Waals surface area contributed by atoms with Crippen LogP contribution in [0.3, 0.4) is 0 Å². The largest absolute Gasteiger partial charge is 0.490 e. The van der Waals surface area contributed by atoms with Crippen molar-refractivity contribution in [2.45, 2.75) is 6.92 Å². The molecule has 1 aliphatic heterocycles. The highest BCUT2D eigenvalue weighted by atomic mass is 32.2. The molecule has 2 N–H and O–H groups in total. The van der Waals surface area contributed by atoms with Crippen molar-refractivity contribution >= 4 is 46.5 Å². The van der Waals surface area contributed by atoms with Crippen LogP contribution in [0.25, 0.3) is 6.08 Å². The number of amides is 3. The van der Waals surface area contributed by atoms with Gasteiger partial charge in [-0.25, -0.2) is 9.18 Å². The van der Waals surface area contributed by atoms with Crippen LogP contribution in [-0.4, -0.2) is 52.8 Å². The number of carbonyl (C=O) groups is 4. The van der Waals surface area contributed by atoms with Gasteiger partial charge in [-0.15, -0.1) is 0 Å². The number of rotatable bonds is 9. The predicted octanol–water partition coefficient (Wildman–Crippen LogP) is 3.36. The standard InChI is InChI=1S/C22H19FN2O7S/c1-2-31-17-9-13(3-8-16(17)32-12-20(27)28)10-18-21(29)25(22(30)33-18)11-19(26)24-15-6-4-14(23)5-7-15/h3-10H,2,11-12H2,1H3,(H,24,26)(H,27,28)/b18-10-. The van der Waals surface area contributed by atoms with Gasteiger partial charge in [0.25, 0.3) is 11.1 Å². The number of thioether (sulfide) groups is 1. The van der Waals surface area contributed by atoms with E-state index in [0.29, 0.717) is 29.6 Å². The first-order valence-corrected chi connectivity index (χ1v) is 10.5. The van der Waals surface area contributed by atoms with Crippen molar-refractivity contribution in [3.05, 3.63) is 58.8 Å². The lowest BCUT2D eigenvalue weighted by molar-refractivity contribution is -0.139. The van der Waals surface area contributed by atoms with Crippen molar-refractivity contribution in [3.63, 3.8) is 0 Å². The van der Waals surface area contributed by atoms with Crippen LogP contribution in [0.1, 0.15) is 12.5 Å². The molecule has 33 heavy (non-hydrogen) atoms. The summed E-state index contributed by atoms with van der Waals surface area (Å²) in [5.41, 5.74) is 0.847. The molecule has 0 saturated carbocycles. The summed E-state index contributed by atoms with van der Waals surface area (Å²) in [7, 11) is 0. The lowest BCUT2D eigenvalue weighted by atomic mass is 10.2. The van der Waals surface area contributed by atoms with E-state index < -0.39 is 42.0 Å². The topological polar surface area (TPSA) is 122 Å². The minimum absolute atomic E-state index is 0.108. The number of hydrogen-bond donors (Lipinski definition) is 2. The van der Waals surface area contributed by atoms with Gasteiger partial charge in [0.05, 0.1) is 11.5 Å². The van der Waals surface area contributed by atoms with E-state index >= 15 is 0 Å². The number of anilines is 1. The quantitative estimate of drug-likeness (QED) is 0.531. The van der Waals surface area contributed by atoms with Crippen LogP contribution in [-0.2, 0) is 14.4 Å². The summed E-state index contributed by atoms with van der Waals surface area (Å²) in [4.78, 5) is 48.8. The lowest BCUT2D eigenvalue weighted by Crippen LogP contribution is -2.36. The Hall–Kier alpha value is -3.86. The van der Waals surface area contributed by atoms with Crippen molar-refractivity contribution in [3.8, 4) is 11.5 Å². The summed E-state index contributed by atoms with van der Waals surface area (Å²) in [6.45, 7) is 1.01. The first-order valence-electron chi connectivity index (χ1n) is 9.69. The Labute approximate surface area is 192 Å². The first-order chi connectivity index (χ1) is 15.8. The molecule has 0 unspecified atom stereocenters. The van der Waals surface area contributed by atoms with E-state index in [4.69, 9.17) is 14.6 Å². The highest BCUT2D eigenvalue weighted by Crippen LogP contribution is 2.34. The Kier molecular flexibility index (Phi) is 7.67. The molecule has 172 valence electrons. The van der Waals surface area contributed by atoms with Crippen LogP contribution in [0.4, 0.5) is 14.9 Å². The van der Waals surface area contributed by atoms with Gasteiger partial charge < -0.3 is 19.9 Å². The van der Waals surface area contributed by atoms with E-state index in [2.05, 4.69) is 5.32 Å². The molecule has 0 radical (unpaired) electrons. The number of carbonyl (C=O) groups excluding carboxylic acids is 3. The van der Waals surface area contributed by atoms with Gasteiger partial charge in [-0.2, -0.15) is 0 Å². The van der Waals surface area contributed by atoms with Gasteiger partial charge in [-0.3, -0.25) is 19.3 Å². The zero-order valence-corrected chi connectivity index (χ0v) is 18.2. The van der Waals surface area contributed by atoms with Gasteiger partial charge in [0.1, 0.15) is 12.4 Å². The third-order valence-electron chi connectivity index (χ3n) is 4.22. The molecule has 3 amide bonds. The molecule has 2 aromatic carbocycles. The fraction of sp³-hybridized carbons (Fsp3) is 0.182. The Balaban J connectivity index is 1.71. The van der Waals surface area contributed by atoms with E-state index in [-0.39, 0.29) is 16.4 Å². The summed E-state index contributed by atoms with van der Waals surface area (Å²) >= 11 is 0.684. The maximum absolute atomic E-state index is 13.0. The molecule has 0 spiro atoms. The molecular formula is C22H19FN2O7S. The maximum atomic E-state index is 13.0. The van der Waals surface area contributed by atoms with Crippen molar-refractivity contribution in [1.29, 1.82) is 0 Å². The summed E-state index contributed by atoms with van der Waals surface area (Å²) in [6.07, 6.45) is 1.46. The number of ether oxygens (including phenoxy) is 2. The SMILES string of the molecule is CCOc1cc(/C=C2\SC(=O)N(CC(=O)Nc3ccc(F)cc3)C2=O)ccc1OCC(=O)O. The zero-order chi connectivity index (χ0) is 24.0. The number of halogens is 1. The Morgan fingerprint density at radius 3 is 2.52 bits per heavy atom. The van der Waals surface area contributed by atoms with Crippen LogP contribution in [0.15, 0.2) is 47.4 Å². The van der Waals surface area contributed by atoms with Gasteiger partial charge in [-0.1, -0.05) is 6.07 Å². The van der Waals surface area contributed by atoms with Gasteiger partial charge in [0, 0.05) is 5.69 Å². The van der Waals surface area contributed by atoms with Crippen molar-refractivity contribution < 1.29 is 38.1 Å². The van der Waals surface area contributed by atoms with E-state index in [1.54, 1.807) is 19.1 Å². The number of imide groups is 1. The molecule has 1 aliphatic rings. The average Bonchev–Trinajstić information content (AvgIpc) is 3.02. The number of carboxylic acid groups (broad SMARTS) is 1. The van der Waals surface area contributed by atoms with Crippen LogP contribution < -0.4 is 14.8 Å². The predicted molar refractivity (Wildman–Crippen MR) is 118 cm³/mol. The molecule has 9 nitrogen and oxygen atoms in total.